The van der Waals surface area contributed by atoms with E-state index in [2.05, 4.69) is 5.92 Å². The first kappa shape index (κ1) is 10.5. The molecular weight excluding hydrogens is 198 g/mol. The van der Waals surface area contributed by atoms with E-state index in [4.69, 9.17) is 6.42 Å². The Morgan fingerprint density at radius 2 is 1.19 bits per heavy atom. The van der Waals surface area contributed by atoms with Crippen LogP contribution in [0.2, 0.25) is 0 Å². The first-order valence-corrected chi connectivity index (χ1v) is 5.08. The van der Waals surface area contributed by atoms with Crippen LogP contribution in [0.25, 0.3) is 0 Å². The first-order chi connectivity index (χ1) is 7.77. The van der Waals surface area contributed by atoms with Crippen molar-refractivity contribution in [3.05, 3.63) is 71.8 Å². The van der Waals surface area contributed by atoms with E-state index in [1.54, 1.807) is 0 Å². The molecule has 0 atom stereocenters. The Balaban J connectivity index is 2.55. The van der Waals surface area contributed by atoms with E-state index in [9.17, 15) is 5.11 Å². The molecule has 0 saturated carbocycles. The Labute approximate surface area is 95.4 Å². The van der Waals surface area contributed by atoms with Gasteiger partial charge in [-0.15, -0.1) is 6.42 Å². The maximum atomic E-state index is 10.5. The summed E-state index contributed by atoms with van der Waals surface area (Å²) < 4.78 is 0. The van der Waals surface area contributed by atoms with Crippen molar-refractivity contribution in [3.63, 3.8) is 0 Å². The van der Waals surface area contributed by atoms with Crippen LogP contribution in [-0.2, 0) is 5.60 Å². The summed E-state index contributed by atoms with van der Waals surface area (Å²) in [7, 11) is 0. The second-order valence-corrected chi connectivity index (χ2v) is 3.59. The second-order valence-electron chi connectivity index (χ2n) is 3.59. The number of hydrogen-bond donors (Lipinski definition) is 1. The summed E-state index contributed by atoms with van der Waals surface area (Å²) in [5, 5.41) is 10.5. The molecule has 2 aromatic carbocycles. The maximum Gasteiger partial charge on any atom is 0.176 e. The Morgan fingerprint density at radius 3 is 1.50 bits per heavy atom. The highest BCUT2D eigenvalue weighted by molar-refractivity contribution is 5.43. The smallest absolute Gasteiger partial charge is 0.176 e. The van der Waals surface area contributed by atoms with E-state index in [1.165, 1.54) is 0 Å². The molecule has 0 amide bonds. The monoisotopic (exact) mass is 210 g/mol. The van der Waals surface area contributed by atoms with Crippen LogP contribution in [0.15, 0.2) is 60.7 Å². The molecule has 0 unspecified atom stereocenters. The maximum absolute atomic E-state index is 10.5. The number of terminal acetylenes is 1. The van der Waals surface area contributed by atoms with Gasteiger partial charge in [-0.25, -0.2) is 0 Å². The van der Waals surface area contributed by atoms with Crippen molar-refractivity contribution in [2.75, 3.05) is 0 Å². The fourth-order valence-electron chi connectivity index (χ4n) is 1.69. The Hall–Kier alpha value is -2.04. The summed E-state index contributed by atoms with van der Waals surface area (Å²) in [5.74, 6) is 2.47. The van der Waals surface area contributed by atoms with Gasteiger partial charge < -0.3 is 5.11 Å². The van der Waals surface area contributed by atoms with Crippen molar-refractivity contribution in [3.8, 4) is 12.3 Å². The van der Waals surface area contributed by atoms with Gasteiger partial charge in [0.2, 0.25) is 0 Å². The predicted octanol–water partition coefficient (Wildman–Crippen LogP) is 2.56. The molecule has 2 aromatic rings. The van der Waals surface area contributed by atoms with Crippen molar-refractivity contribution in [2.45, 2.75) is 5.60 Å². The van der Waals surface area contributed by atoms with Gasteiger partial charge in [0, 0.05) is 11.1 Å². The third-order valence-electron chi connectivity index (χ3n) is 2.59. The van der Waals surface area contributed by atoms with E-state index >= 15 is 0 Å². The molecule has 0 spiro atoms. The summed E-state index contributed by atoms with van der Waals surface area (Å²) in [6.45, 7) is 0. The SMILES string of the molecule is C#CC([18OH])(c1ccccc1)c1ccccc1. The molecule has 0 radical (unpaired) electrons. The topological polar surface area (TPSA) is 20.2 Å². The molecule has 2 rings (SSSR count). The van der Waals surface area contributed by atoms with Gasteiger partial charge in [0.15, 0.2) is 5.60 Å². The molecule has 1 N–H and O–H groups in total. The normalized spacial score (nSPS) is 10.8. The quantitative estimate of drug-likeness (QED) is 0.596. The number of benzene rings is 2. The average molecular weight is 210 g/mol. The summed E-state index contributed by atoms with van der Waals surface area (Å²) in [6, 6.07) is 18.5. The largest absolute Gasteiger partial charge is 0.369 e. The van der Waals surface area contributed by atoms with Crippen LogP contribution in [-0.4, -0.2) is 5.11 Å². The molecule has 0 aliphatic carbocycles. The molecule has 78 valence electrons. The van der Waals surface area contributed by atoms with Gasteiger partial charge in [-0.3, -0.25) is 0 Å². The molecule has 0 saturated heterocycles. The minimum Gasteiger partial charge on any atom is -0.369 e. The van der Waals surface area contributed by atoms with Gasteiger partial charge in [0.25, 0.3) is 0 Å². The van der Waals surface area contributed by atoms with E-state index in [0.29, 0.717) is 11.1 Å². The molecule has 1 heteroatoms. The minimum absolute atomic E-state index is 0.712. The van der Waals surface area contributed by atoms with E-state index in [0.717, 1.165) is 0 Å². The average Bonchev–Trinajstić information content (AvgIpc) is 2.40. The van der Waals surface area contributed by atoms with Gasteiger partial charge in [-0.05, 0) is 0 Å². The number of rotatable bonds is 2. The van der Waals surface area contributed by atoms with Crippen LogP contribution in [0.1, 0.15) is 11.1 Å². The van der Waals surface area contributed by atoms with Crippen molar-refractivity contribution in [2.24, 2.45) is 0 Å². The Bertz CT molecular complexity index is 454. The molecule has 0 heterocycles. The van der Waals surface area contributed by atoms with Crippen LogP contribution in [0.3, 0.4) is 0 Å². The molecule has 0 aliphatic rings. The number of aliphatic hydroxyl groups is 1. The van der Waals surface area contributed by atoms with Crippen LogP contribution >= 0.6 is 0 Å². The zero-order valence-electron chi connectivity index (χ0n) is 8.80. The first-order valence-electron chi connectivity index (χ1n) is 5.08. The van der Waals surface area contributed by atoms with E-state index < -0.39 is 5.60 Å². The molecule has 0 fully saturated rings. The summed E-state index contributed by atoms with van der Waals surface area (Å²) in [5.41, 5.74) is 0.0788. The minimum atomic E-state index is -1.34. The van der Waals surface area contributed by atoms with Gasteiger partial charge in [-0.2, -0.15) is 0 Å². The summed E-state index contributed by atoms with van der Waals surface area (Å²) >= 11 is 0. The molecular formula is C15H12O. The Kier molecular flexibility index (Phi) is 2.76. The third-order valence-corrected chi connectivity index (χ3v) is 2.59. The van der Waals surface area contributed by atoms with Crippen molar-refractivity contribution >= 4 is 0 Å². The zero-order valence-corrected chi connectivity index (χ0v) is 8.80. The van der Waals surface area contributed by atoms with Crippen LogP contribution < -0.4 is 0 Å². The van der Waals surface area contributed by atoms with Gasteiger partial charge in [0.05, 0.1) is 0 Å². The van der Waals surface area contributed by atoms with E-state index in [-0.39, 0.29) is 0 Å². The highest BCUT2D eigenvalue weighted by Gasteiger charge is 2.28. The molecule has 0 aliphatic heterocycles. The summed E-state index contributed by atoms with van der Waals surface area (Å²) in [6.07, 6.45) is 5.47. The summed E-state index contributed by atoms with van der Waals surface area (Å²) in [4.78, 5) is 0. The van der Waals surface area contributed by atoms with E-state index in [1.807, 2.05) is 60.7 Å². The highest BCUT2D eigenvalue weighted by Crippen LogP contribution is 2.28. The lowest BCUT2D eigenvalue weighted by Crippen LogP contribution is -2.24. The lowest BCUT2D eigenvalue weighted by Gasteiger charge is -2.23. The third kappa shape index (κ3) is 1.71. The molecule has 1 nitrogen and oxygen atoms in total. The molecule has 0 aromatic heterocycles. The highest BCUT2D eigenvalue weighted by atomic mass is 18.2. The van der Waals surface area contributed by atoms with Gasteiger partial charge in [0.1, 0.15) is 0 Å². The molecule has 0 bridgehead atoms. The Morgan fingerprint density at radius 1 is 0.812 bits per heavy atom. The van der Waals surface area contributed by atoms with Crippen LogP contribution in [0.5, 0.6) is 0 Å². The fourth-order valence-corrected chi connectivity index (χ4v) is 1.69. The van der Waals surface area contributed by atoms with Gasteiger partial charge in [-0.1, -0.05) is 66.6 Å². The van der Waals surface area contributed by atoms with Crippen molar-refractivity contribution in [1.82, 2.24) is 0 Å². The van der Waals surface area contributed by atoms with Crippen molar-refractivity contribution < 1.29 is 5.11 Å². The van der Waals surface area contributed by atoms with Crippen LogP contribution in [0, 0.1) is 12.3 Å². The van der Waals surface area contributed by atoms with Crippen molar-refractivity contribution in [1.29, 1.82) is 0 Å². The standard InChI is InChI=1S/C15H12O/c1-2-15(16,13-9-5-3-6-10-13)14-11-7-4-8-12-14/h1,3-12,16H/i16+2. The zero-order chi connectivity index (χ0) is 11.4. The lowest BCUT2D eigenvalue weighted by molar-refractivity contribution is 0.145. The predicted molar refractivity (Wildman–Crippen MR) is 64.7 cm³/mol. The number of hydrogen-bond acceptors (Lipinski definition) is 1. The fraction of sp³-hybridized carbons (Fsp3) is 0.0667. The molecule has 16 heavy (non-hydrogen) atoms. The van der Waals surface area contributed by atoms with Crippen LogP contribution in [0.4, 0.5) is 0 Å². The lowest BCUT2D eigenvalue weighted by atomic mass is 9.88. The second kappa shape index (κ2) is 4.22. The van der Waals surface area contributed by atoms with Gasteiger partial charge >= 0.3 is 0 Å².